The third-order valence-corrected chi connectivity index (χ3v) is 7.29. The number of hydrogen-bond donors (Lipinski definition) is 1. The van der Waals surface area contributed by atoms with Crippen molar-refractivity contribution in [1.29, 1.82) is 0 Å². The molecule has 2 aliphatic rings. The number of oxazole rings is 1. The van der Waals surface area contributed by atoms with E-state index in [1.807, 2.05) is 29.2 Å². The Hall–Kier alpha value is -2.71. The lowest BCUT2D eigenvalue weighted by Crippen LogP contribution is -2.38. The number of para-hydroxylation sites is 2. The summed E-state index contributed by atoms with van der Waals surface area (Å²) in [5.41, 5.74) is 2.15. The van der Waals surface area contributed by atoms with Crippen LogP contribution in [0.5, 0.6) is 0 Å². The van der Waals surface area contributed by atoms with E-state index in [2.05, 4.69) is 9.71 Å². The van der Waals surface area contributed by atoms with Crippen LogP contribution in [0.3, 0.4) is 0 Å². The van der Waals surface area contributed by atoms with E-state index in [1.54, 1.807) is 12.1 Å². The van der Waals surface area contributed by atoms with E-state index in [9.17, 15) is 13.2 Å². The highest BCUT2D eigenvalue weighted by atomic mass is 32.2. The van der Waals surface area contributed by atoms with Crippen molar-refractivity contribution in [3.63, 3.8) is 0 Å². The Labute approximate surface area is 175 Å². The van der Waals surface area contributed by atoms with Crippen molar-refractivity contribution in [2.45, 2.75) is 42.5 Å². The van der Waals surface area contributed by atoms with Crippen molar-refractivity contribution in [2.24, 2.45) is 0 Å². The molecule has 1 N–H and O–H groups in total. The fourth-order valence-corrected chi connectivity index (χ4v) is 5.15. The predicted molar refractivity (Wildman–Crippen MR) is 112 cm³/mol. The molecule has 1 aliphatic carbocycles. The molecule has 0 unspecified atom stereocenters. The highest BCUT2D eigenvalue weighted by molar-refractivity contribution is 7.89. The van der Waals surface area contributed by atoms with Gasteiger partial charge in [0.1, 0.15) is 5.52 Å². The maximum atomic E-state index is 12.9. The van der Waals surface area contributed by atoms with Crippen molar-refractivity contribution in [2.75, 3.05) is 13.1 Å². The van der Waals surface area contributed by atoms with Crippen LogP contribution in [-0.4, -0.2) is 43.3 Å². The Morgan fingerprint density at radius 1 is 1.00 bits per heavy atom. The van der Waals surface area contributed by atoms with Crippen LogP contribution < -0.4 is 4.72 Å². The first-order valence-electron chi connectivity index (χ1n) is 10.3. The quantitative estimate of drug-likeness (QED) is 0.677. The van der Waals surface area contributed by atoms with E-state index in [4.69, 9.17) is 4.42 Å². The molecule has 1 amide bonds. The number of carbonyl (C=O) groups is 1. The van der Waals surface area contributed by atoms with Gasteiger partial charge >= 0.3 is 0 Å². The van der Waals surface area contributed by atoms with Gasteiger partial charge < -0.3 is 9.32 Å². The van der Waals surface area contributed by atoms with Gasteiger partial charge in [-0.25, -0.2) is 18.1 Å². The summed E-state index contributed by atoms with van der Waals surface area (Å²) in [6, 6.07) is 14.0. The van der Waals surface area contributed by atoms with Crippen molar-refractivity contribution >= 4 is 27.0 Å². The van der Waals surface area contributed by atoms with Gasteiger partial charge in [-0.1, -0.05) is 12.1 Å². The number of likely N-dealkylation sites (tertiary alicyclic amines) is 1. The third-order valence-electron chi connectivity index (χ3n) is 5.75. The minimum absolute atomic E-state index is 0.0545. The molecule has 1 aliphatic heterocycles. The number of benzene rings is 2. The standard InChI is InChI=1S/C22H23N3O4S/c26-22(16-5-9-18(10-6-16)30(27,28)24-17-7-8-17)25-13-11-15(12-14-25)21-23-19-3-1-2-4-20(19)29-21/h1-6,9-10,15,17,24H,7-8,11-14H2. The molecule has 1 saturated carbocycles. The SMILES string of the molecule is O=C(c1ccc(S(=O)(=O)NC2CC2)cc1)N1CCC(c2nc3ccccc3o2)CC1. The summed E-state index contributed by atoms with van der Waals surface area (Å²) in [4.78, 5) is 19.4. The van der Waals surface area contributed by atoms with Crippen LogP contribution in [0.4, 0.5) is 0 Å². The molecular weight excluding hydrogens is 402 g/mol. The number of nitrogens with zero attached hydrogens (tertiary/aromatic N) is 2. The minimum Gasteiger partial charge on any atom is -0.440 e. The third kappa shape index (κ3) is 3.85. The summed E-state index contributed by atoms with van der Waals surface area (Å²) in [6.45, 7) is 1.23. The van der Waals surface area contributed by atoms with Crippen LogP contribution in [0.1, 0.15) is 47.8 Å². The number of carbonyl (C=O) groups excluding carboxylic acids is 1. The van der Waals surface area contributed by atoms with Crippen molar-refractivity contribution in [3.05, 3.63) is 60.0 Å². The second kappa shape index (κ2) is 7.52. The van der Waals surface area contributed by atoms with Crippen molar-refractivity contribution in [3.8, 4) is 0 Å². The van der Waals surface area contributed by atoms with E-state index < -0.39 is 10.0 Å². The van der Waals surface area contributed by atoms with E-state index in [0.29, 0.717) is 18.7 Å². The number of sulfonamides is 1. The largest absolute Gasteiger partial charge is 0.440 e. The lowest BCUT2D eigenvalue weighted by atomic mass is 9.96. The van der Waals surface area contributed by atoms with Gasteiger partial charge in [0.25, 0.3) is 5.91 Å². The Morgan fingerprint density at radius 3 is 2.37 bits per heavy atom. The molecule has 30 heavy (non-hydrogen) atoms. The van der Waals surface area contributed by atoms with Gasteiger partial charge in [0.05, 0.1) is 4.90 Å². The number of nitrogens with one attached hydrogen (secondary N) is 1. The second-order valence-electron chi connectivity index (χ2n) is 8.01. The summed E-state index contributed by atoms with van der Waals surface area (Å²) in [5, 5.41) is 0. The molecule has 2 heterocycles. The fraction of sp³-hybridized carbons (Fsp3) is 0.364. The molecule has 2 aromatic carbocycles. The van der Waals surface area contributed by atoms with Gasteiger partial charge in [-0.15, -0.1) is 0 Å². The molecule has 7 nitrogen and oxygen atoms in total. The minimum atomic E-state index is -3.51. The van der Waals surface area contributed by atoms with Crippen LogP contribution in [0.25, 0.3) is 11.1 Å². The monoisotopic (exact) mass is 425 g/mol. The van der Waals surface area contributed by atoms with Gasteiger partial charge in [0, 0.05) is 30.6 Å². The number of fused-ring (bicyclic) bond motifs is 1. The van der Waals surface area contributed by atoms with Crippen LogP contribution >= 0.6 is 0 Å². The van der Waals surface area contributed by atoms with Gasteiger partial charge in [-0.2, -0.15) is 0 Å². The average Bonchev–Trinajstić information content (AvgIpc) is 3.46. The Bertz CT molecular complexity index is 1140. The van der Waals surface area contributed by atoms with Gasteiger partial charge in [0.15, 0.2) is 11.5 Å². The van der Waals surface area contributed by atoms with E-state index in [1.165, 1.54) is 12.1 Å². The average molecular weight is 426 g/mol. The zero-order valence-electron chi connectivity index (χ0n) is 16.5. The first-order valence-corrected chi connectivity index (χ1v) is 11.7. The lowest BCUT2D eigenvalue weighted by molar-refractivity contribution is 0.0706. The van der Waals surface area contributed by atoms with Crippen LogP contribution in [0.2, 0.25) is 0 Å². The lowest BCUT2D eigenvalue weighted by Gasteiger charge is -2.30. The number of amides is 1. The molecule has 3 aromatic rings. The highest BCUT2D eigenvalue weighted by Gasteiger charge is 2.29. The smallest absolute Gasteiger partial charge is 0.253 e. The summed E-state index contributed by atoms with van der Waals surface area (Å²) >= 11 is 0. The zero-order chi connectivity index (χ0) is 20.7. The van der Waals surface area contributed by atoms with Crippen LogP contribution in [0.15, 0.2) is 57.8 Å². The van der Waals surface area contributed by atoms with E-state index >= 15 is 0 Å². The normalized spacial score (nSPS) is 18.1. The predicted octanol–water partition coefficient (Wildman–Crippen LogP) is 3.29. The fourth-order valence-electron chi connectivity index (χ4n) is 3.84. The summed E-state index contributed by atoms with van der Waals surface area (Å²) < 4.78 is 33.1. The number of aromatic nitrogens is 1. The molecule has 0 radical (unpaired) electrons. The maximum absolute atomic E-state index is 12.9. The molecule has 0 atom stereocenters. The Kier molecular flexibility index (Phi) is 4.83. The highest BCUT2D eigenvalue weighted by Crippen LogP contribution is 2.30. The molecule has 2 fully saturated rings. The molecule has 0 bridgehead atoms. The van der Waals surface area contributed by atoms with Crippen LogP contribution in [0, 0.1) is 0 Å². The number of hydrogen-bond acceptors (Lipinski definition) is 5. The summed E-state index contributed by atoms with van der Waals surface area (Å²) in [6.07, 6.45) is 3.34. The van der Waals surface area contributed by atoms with Gasteiger partial charge in [-0.05, 0) is 62.1 Å². The zero-order valence-corrected chi connectivity index (χ0v) is 17.3. The second-order valence-corrected chi connectivity index (χ2v) is 9.72. The molecule has 156 valence electrons. The van der Waals surface area contributed by atoms with Gasteiger partial charge in [0.2, 0.25) is 10.0 Å². The topological polar surface area (TPSA) is 92.5 Å². The van der Waals surface area contributed by atoms with E-state index in [-0.39, 0.29) is 22.8 Å². The molecule has 1 aromatic heterocycles. The molecular formula is C22H23N3O4S. The maximum Gasteiger partial charge on any atom is 0.253 e. The van der Waals surface area contributed by atoms with Crippen molar-refractivity contribution in [1.82, 2.24) is 14.6 Å². The van der Waals surface area contributed by atoms with Crippen molar-refractivity contribution < 1.29 is 17.6 Å². The summed E-state index contributed by atoms with van der Waals surface area (Å²) in [7, 11) is -3.51. The Balaban J connectivity index is 1.23. The number of piperidine rings is 1. The first-order chi connectivity index (χ1) is 14.5. The van der Waals surface area contributed by atoms with Crippen LogP contribution in [-0.2, 0) is 10.0 Å². The molecule has 8 heteroatoms. The molecule has 1 saturated heterocycles. The van der Waals surface area contributed by atoms with Gasteiger partial charge in [-0.3, -0.25) is 4.79 Å². The van der Waals surface area contributed by atoms with E-state index in [0.717, 1.165) is 42.7 Å². The number of rotatable bonds is 5. The molecule has 0 spiro atoms. The Morgan fingerprint density at radius 2 is 1.70 bits per heavy atom. The summed E-state index contributed by atoms with van der Waals surface area (Å²) in [5.74, 6) is 0.855. The molecule has 5 rings (SSSR count). The first kappa shape index (κ1) is 19.3.